The molecule has 0 aliphatic heterocycles. The molecule has 0 heterocycles. The van der Waals surface area contributed by atoms with Crippen molar-refractivity contribution in [1.82, 2.24) is 4.90 Å². The normalized spacial score (nSPS) is 14.6. The lowest BCUT2D eigenvalue weighted by Crippen LogP contribution is -2.32. The van der Waals surface area contributed by atoms with Crippen molar-refractivity contribution in [2.24, 2.45) is 0 Å². The van der Waals surface area contributed by atoms with Crippen molar-refractivity contribution in [1.29, 1.82) is 5.26 Å². The van der Waals surface area contributed by atoms with Crippen molar-refractivity contribution in [2.45, 2.75) is 18.3 Å². The monoisotopic (exact) mass is 222 g/mol. The number of rotatable bonds is 4. The standard InChI is InChI=1S/C12H15ClN2/c1-10(15(2)9-8-14)12(13)11-6-4-3-5-7-11/h3-7,10,12H,9H2,1-2H3/t10-,12-/m0/s1. The average Bonchev–Trinajstić information content (AvgIpc) is 2.28. The van der Waals surface area contributed by atoms with Gasteiger partial charge in [-0.05, 0) is 19.5 Å². The van der Waals surface area contributed by atoms with Crippen LogP contribution >= 0.6 is 11.6 Å². The summed E-state index contributed by atoms with van der Waals surface area (Å²) in [4.78, 5) is 1.95. The van der Waals surface area contributed by atoms with Gasteiger partial charge in [0.25, 0.3) is 0 Å². The van der Waals surface area contributed by atoms with Crippen LogP contribution in [0.3, 0.4) is 0 Å². The molecule has 1 rings (SSSR count). The van der Waals surface area contributed by atoms with Crippen molar-refractivity contribution >= 4 is 11.6 Å². The van der Waals surface area contributed by atoms with E-state index in [-0.39, 0.29) is 11.4 Å². The van der Waals surface area contributed by atoms with Gasteiger partial charge < -0.3 is 0 Å². The minimum absolute atomic E-state index is 0.0791. The van der Waals surface area contributed by atoms with Crippen LogP contribution in [0, 0.1) is 11.3 Å². The Kier molecular flexibility index (Phi) is 4.61. The molecule has 0 saturated carbocycles. The smallest absolute Gasteiger partial charge is 0.0866 e. The second-order valence-corrected chi connectivity index (χ2v) is 4.10. The number of halogens is 1. The first-order valence-electron chi connectivity index (χ1n) is 4.93. The zero-order valence-electron chi connectivity index (χ0n) is 9.02. The molecular formula is C12H15ClN2. The van der Waals surface area contributed by atoms with Crippen molar-refractivity contribution in [3.05, 3.63) is 35.9 Å². The largest absolute Gasteiger partial charge is 0.289 e. The summed E-state index contributed by atoms with van der Waals surface area (Å²) in [6.07, 6.45) is 0. The van der Waals surface area contributed by atoms with E-state index in [9.17, 15) is 0 Å². The predicted molar refractivity (Wildman–Crippen MR) is 62.7 cm³/mol. The van der Waals surface area contributed by atoms with Crippen LogP contribution < -0.4 is 0 Å². The zero-order valence-corrected chi connectivity index (χ0v) is 9.78. The zero-order chi connectivity index (χ0) is 11.3. The number of benzene rings is 1. The van der Waals surface area contributed by atoms with Gasteiger partial charge in [-0.1, -0.05) is 30.3 Å². The third kappa shape index (κ3) is 3.23. The van der Waals surface area contributed by atoms with Gasteiger partial charge in [-0.2, -0.15) is 5.26 Å². The summed E-state index contributed by atoms with van der Waals surface area (Å²) in [5.74, 6) is 0. The van der Waals surface area contributed by atoms with Crippen LogP contribution in [0.5, 0.6) is 0 Å². The second-order valence-electron chi connectivity index (χ2n) is 3.63. The van der Waals surface area contributed by atoms with Gasteiger partial charge in [0.2, 0.25) is 0 Å². The van der Waals surface area contributed by atoms with Crippen LogP contribution in [0.1, 0.15) is 17.9 Å². The van der Waals surface area contributed by atoms with Crippen LogP contribution in [0.2, 0.25) is 0 Å². The van der Waals surface area contributed by atoms with E-state index in [0.29, 0.717) is 6.54 Å². The summed E-state index contributed by atoms with van der Waals surface area (Å²) >= 11 is 6.34. The molecule has 2 nitrogen and oxygen atoms in total. The molecule has 0 N–H and O–H groups in total. The summed E-state index contributed by atoms with van der Waals surface area (Å²) in [6, 6.07) is 12.2. The molecule has 0 aromatic heterocycles. The highest BCUT2D eigenvalue weighted by atomic mass is 35.5. The first-order valence-corrected chi connectivity index (χ1v) is 5.36. The first-order chi connectivity index (χ1) is 7.16. The Bertz CT molecular complexity index is 331. The maximum atomic E-state index is 8.60. The molecule has 0 spiro atoms. The summed E-state index contributed by atoms with van der Waals surface area (Å²) in [5, 5.41) is 8.52. The molecule has 0 amide bonds. The highest BCUT2D eigenvalue weighted by Gasteiger charge is 2.19. The molecule has 0 radical (unpaired) electrons. The Balaban J connectivity index is 2.69. The summed E-state index contributed by atoms with van der Waals surface area (Å²) in [6.45, 7) is 2.43. The Morgan fingerprint density at radius 2 is 2.00 bits per heavy atom. The van der Waals surface area contributed by atoms with Crippen molar-refractivity contribution in [2.75, 3.05) is 13.6 Å². The fourth-order valence-corrected chi connectivity index (χ4v) is 1.73. The molecule has 0 bridgehead atoms. The maximum Gasteiger partial charge on any atom is 0.0866 e. The Morgan fingerprint density at radius 3 is 2.53 bits per heavy atom. The molecule has 1 aromatic rings. The van der Waals surface area contributed by atoms with E-state index >= 15 is 0 Å². The van der Waals surface area contributed by atoms with E-state index < -0.39 is 0 Å². The van der Waals surface area contributed by atoms with Crippen molar-refractivity contribution in [3.63, 3.8) is 0 Å². The topological polar surface area (TPSA) is 27.0 Å². The maximum absolute atomic E-state index is 8.60. The summed E-state index contributed by atoms with van der Waals surface area (Å²) < 4.78 is 0. The average molecular weight is 223 g/mol. The minimum Gasteiger partial charge on any atom is -0.289 e. The third-order valence-electron chi connectivity index (χ3n) is 2.56. The van der Waals surface area contributed by atoms with E-state index in [0.717, 1.165) is 5.56 Å². The molecule has 0 aliphatic carbocycles. The number of hydrogen-bond donors (Lipinski definition) is 0. The highest BCUT2D eigenvalue weighted by molar-refractivity contribution is 6.21. The SMILES string of the molecule is C[C@@H]([C@H](Cl)c1ccccc1)N(C)CC#N. The second kappa shape index (κ2) is 5.75. The van der Waals surface area contributed by atoms with Gasteiger partial charge in [0.1, 0.15) is 0 Å². The van der Waals surface area contributed by atoms with Gasteiger partial charge in [0, 0.05) is 6.04 Å². The van der Waals surface area contributed by atoms with Crippen LogP contribution in [-0.4, -0.2) is 24.5 Å². The fourth-order valence-electron chi connectivity index (χ4n) is 1.39. The molecule has 0 unspecified atom stereocenters. The highest BCUT2D eigenvalue weighted by Crippen LogP contribution is 2.26. The number of nitriles is 1. The molecule has 15 heavy (non-hydrogen) atoms. The fraction of sp³-hybridized carbons (Fsp3) is 0.417. The lowest BCUT2D eigenvalue weighted by Gasteiger charge is -2.26. The van der Waals surface area contributed by atoms with E-state index in [4.69, 9.17) is 16.9 Å². The lowest BCUT2D eigenvalue weighted by molar-refractivity contribution is 0.280. The van der Waals surface area contributed by atoms with Gasteiger partial charge in [-0.15, -0.1) is 11.6 Å². The minimum atomic E-state index is -0.0791. The first kappa shape index (κ1) is 12.0. The van der Waals surface area contributed by atoms with E-state index in [1.165, 1.54) is 0 Å². The van der Waals surface area contributed by atoms with Crippen molar-refractivity contribution < 1.29 is 0 Å². The van der Waals surface area contributed by atoms with Gasteiger partial charge in [0.05, 0.1) is 18.0 Å². The Morgan fingerprint density at radius 1 is 1.40 bits per heavy atom. The number of alkyl halides is 1. The van der Waals surface area contributed by atoms with E-state index in [2.05, 4.69) is 6.07 Å². The van der Waals surface area contributed by atoms with Gasteiger partial charge in [0.15, 0.2) is 0 Å². The summed E-state index contributed by atoms with van der Waals surface area (Å²) in [5.41, 5.74) is 1.09. The van der Waals surface area contributed by atoms with E-state index in [1.807, 2.05) is 49.2 Å². The van der Waals surface area contributed by atoms with Crippen molar-refractivity contribution in [3.8, 4) is 6.07 Å². The number of hydrogen-bond acceptors (Lipinski definition) is 2. The molecule has 3 heteroatoms. The van der Waals surface area contributed by atoms with Gasteiger partial charge in [-0.25, -0.2) is 0 Å². The third-order valence-corrected chi connectivity index (χ3v) is 3.17. The van der Waals surface area contributed by atoms with Crippen LogP contribution in [0.15, 0.2) is 30.3 Å². The Hall–Kier alpha value is -1.04. The molecule has 2 atom stereocenters. The van der Waals surface area contributed by atoms with Crippen LogP contribution in [0.25, 0.3) is 0 Å². The summed E-state index contributed by atoms with van der Waals surface area (Å²) in [7, 11) is 1.91. The van der Waals surface area contributed by atoms with Gasteiger partial charge >= 0.3 is 0 Å². The quantitative estimate of drug-likeness (QED) is 0.579. The lowest BCUT2D eigenvalue weighted by atomic mass is 10.1. The number of nitrogens with zero attached hydrogens (tertiary/aromatic N) is 2. The molecule has 0 saturated heterocycles. The molecule has 0 fully saturated rings. The number of likely N-dealkylation sites (N-methyl/N-ethyl adjacent to an activating group) is 1. The molecule has 80 valence electrons. The van der Waals surface area contributed by atoms with Crippen LogP contribution in [-0.2, 0) is 0 Å². The van der Waals surface area contributed by atoms with E-state index in [1.54, 1.807) is 0 Å². The molecular weight excluding hydrogens is 208 g/mol. The van der Waals surface area contributed by atoms with Crippen LogP contribution in [0.4, 0.5) is 0 Å². The predicted octanol–water partition coefficient (Wildman–Crippen LogP) is 2.81. The molecule has 0 aliphatic rings. The van der Waals surface area contributed by atoms with Gasteiger partial charge in [-0.3, -0.25) is 4.90 Å². The Labute approximate surface area is 96.1 Å². The molecule has 1 aromatic carbocycles.